The zero-order valence-electron chi connectivity index (χ0n) is 10.0. The minimum Gasteiger partial charge on any atom is -0.327 e. The van der Waals surface area contributed by atoms with Crippen LogP contribution in [0, 0.1) is 19.6 Å². The van der Waals surface area contributed by atoms with E-state index in [9.17, 15) is 10.1 Å². The molecule has 1 unspecified atom stereocenters. The predicted molar refractivity (Wildman–Crippen MR) is 76.9 cm³/mol. The average molecular weight is 348 g/mol. The molecular formula is C12H17IN2O2. The van der Waals surface area contributed by atoms with Gasteiger partial charge in [-0.25, -0.2) is 0 Å². The van der Waals surface area contributed by atoms with Crippen LogP contribution in [0.2, 0.25) is 0 Å². The Kier molecular flexibility index (Phi) is 5.32. The molecule has 0 fully saturated rings. The summed E-state index contributed by atoms with van der Waals surface area (Å²) in [6, 6.07) is 5.26. The Morgan fingerprint density at radius 1 is 1.47 bits per heavy atom. The number of nitro groups is 1. The van der Waals surface area contributed by atoms with E-state index in [-0.39, 0.29) is 16.7 Å². The lowest BCUT2D eigenvalue weighted by Gasteiger charge is -2.14. The first-order valence-corrected chi connectivity index (χ1v) is 6.66. The first kappa shape index (κ1) is 14.4. The van der Waals surface area contributed by atoms with E-state index in [4.69, 9.17) is 5.73 Å². The zero-order valence-corrected chi connectivity index (χ0v) is 12.2. The molecule has 1 aromatic rings. The molecule has 0 spiro atoms. The Labute approximate surface area is 115 Å². The topological polar surface area (TPSA) is 69.2 Å². The van der Waals surface area contributed by atoms with Crippen LogP contribution in [0.25, 0.3) is 0 Å². The molecule has 5 heteroatoms. The molecule has 4 nitrogen and oxygen atoms in total. The number of nitro benzene ring substituents is 1. The molecule has 0 heterocycles. The Morgan fingerprint density at radius 2 is 2.12 bits per heavy atom. The number of hydrogen-bond acceptors (Lipinski definition) is 3. The fraction of sp³-hybridized carbons (Fsp3) is 0.500. The summed E-state index contributed by atoms with van der Waals surface area (Å²) in [5, 5.41) is 10.9. The van der Waals surface area contributed by atoms with Crippen LogP contribution >= 0.6 is 22.6 Å². The minimum absolute atomic E-state index is 0.0197. The molecule has 0 saturated carbocycles. The van der Waals surface area contributed by atoms with E-state index in [1.54, 1.807) is 12.1 Å². The molecule has 0 radical (unpaired) electrons. The number of rotatable bonds is 5. The molecule has 1 rings (SSSR count). The molecule has 1 aromatic carbocycles. The number of halogens is 1. The molecule has 0 aromatic heterocycles. The third kappa shape index (κ3) is 4.59. The molecule has 0 saturated heterocycles. The van der Waals surface area contributed by atoms with Crippen molar-refractivity contribution >= 4 is 28.3 Å². The highest BCUT2D eigenvalue weighted by Gasteiger charge is 2.17. The van der Waals surface area contributed by atoms with E-state index in [0.717, 1.165) is 15.6 Å². The van der Waals surface area contributed by atoms with Crippen molar-refractivity contribution < 1.29 is 4.92 Å². The van der Waals surface area contributed by atoms with Gasteiger partial charge in [0.2, 0.25) is 0 Å². The monoisotopic (exact) mass is 348 g/mol. The van der Waals surface area contributed by atoms with Gasteiger partial charge in [0.15, 0.2) is 0 Å². The molecule has 0 aliphatic heterocycles. The molecule has 0 bridgehead atoms. The number of nitrogens with two attached hydrogens (primary N) is 1. The van der Waals surface area contributed by atoms with Crippen molar-refractivity contribution in [3.63, 3.8) is 0 Å². The summed E-state index contributed by atoms with van der Waals surface area (Å²) in [6.07, 6.45) is 1.44. The smallest absolute Gasteiger partial charge is 0.273 e. The van der Waals surface area contributed by atoms with Crippen LogP contribution in [0.15, 0.2) is 18.2 Å². The number of hydrogen-bond donors (Lipinski definition) is 1. The van der Waals surface area contributed by atoms with Gasteiger partial charge in [-0.15, -0.1) is 0 Å². The summed E-state index contributed by atoms with van der Waals surface area (Å²) in [5.41, 5.74) is 6.89. The second kappa shape index (κ2) is 6.30. The maximum absolute atomic E-state index is 10.9. The summed E-state index contributed by atoms with van der Waals surface area (Å²) in [5.74, 6) is 0.507. The van der Waals surface area contributed by atoms with Gasteiger partial charge in [-0.3, -0.25) is 10.1 Å². The van der Waals surface area contributed by atoms with Crippen LogP contribution < -0.4 is 5.73 Å². The van der Waals surface area contributed by atoms with E-state index in [2.05, 4.69) is 36.4 Å². The maximum Gasteiger partial charge on any atom is 0.273 e. The van der Waals surface area contributed by atoms with Gasteiger partial charge in [0.05, 0.1) is 4.92 Å². The van der Waals surface area contributed by atoms with Crippen LogP contribution in [0.5, 0.6) is 0 Å². The lowest BCUT2D eigenvalue weighted by atomic mass is 9.97. The fourth-order valence-corrected chi connectivity index (χ4v) is 2.33. The molecule has 94 valence electrons. The molecule has 0 amide bonds. The van der Waals surface area contributed by atoms with Crippen LogP contribution in [0.1, 0.15) is 25.8 Å². The molecule has 0 aliphatic rings. The molecule has 2 N–H and O–H groups in total. The van der Waals surface area contributed by atoms with Gasteiger partial charge in [-0.1, -0.05) is 19.9 Å². The second-order valence-corrected chi connectivity index (χ2v) is 5.87. The maximum atomic E-state index is 10.9. The Morgan fingerprint density at radius 3 is 2.65 bits per heavy atom. The van der Waals surface area contributed by atoms with Crippen LogP contribution in [0.4, 0.5) is 5.69 Å². The second-order valence-electron chi connectivity index (χ2n) is 4.62. The SMILES string of the molecule is CC(C)CC(N)Cc1ccc(I)cc1[N+](=O)[O-]. The van der Waals surface area contributed by atoms with E-state index < -0.39 is 0 Å². The largest absolute Gasteiger partial charge is 0.327 e. The van der Waals surface area contributed by atoms with Crippen LogP contribution in [-0.4, -0.2) is 11.0 Å². The van der Waals surface area contributed by atoms with Crippen molar-refractivity contribution in [3.05, 3.63) is 37.4 Å². The van der Waals surface area contributed by atoms with Gasteiger partial charge < -0.3 is 5.73 Å². The summed E-state index contributed by atoms with van der Waals surface area (Å²) in [4.78, 5) is 10.6. The first-order valence-electron chi connectivity index (χ1n) is 5.58. The van der Waals surface area contributed by atoms with Crippen molar-refractivity contribution in [3.8, 4) is 0 Å². The van der Waals surface area contributed by atoms with Crippen molar-refractivity contribution in [2.75, 3.05) is 0 Å². The summed E-state index contributed by atoms with van der Waals surface area (Å²) in [6.45, 7) is 4.20. The highest BCUT2D eigenvalue weighted by atomic mass is 127. The van der Waals surface area contributed by atoms with E-state index >= 15 is 0 Å². The lowest BCUT2D eigenvalue weighted by molar-refractivity contribution is -0.385. The molecular weight excluding hydrogens is 331 g/mol. The van der Waals surface area contributed by atoms with Crippen LogP contribution in [-0.2, 0) is 6.42 Å². The summed E-state index contributed by atoms with van der Waals surface area (Å²) >= 11 is 2.07. The Hall–Kier alpha value is -0.690. The van der Waals surface area contributed by atoms with Gasteiger partial charge >= 0.3 is 0 Å². The fourth-order valence-electron chi connectivity index (χ4n) is 1.85. The quantitative estimate of drug-likeness (QED) is 0.505. The molecule has 1 atom stereocenters. The van der Waals surface area contributed by atoms with Gasteiger partial charge in [-0.05, 0) is 47.4 Å². The van der Waals surface area contributed by atoms with E-state index in [1.165, 1.54) is 0 Å². The zero-order chi connectivity index (χ0) is 13.0. The third-order valence-corrected chi connectivity index (χ3v) is 3.17. The van der Waals surface area contributed by atoms with Gasteiger partial charge in [0, 0.05) is 21.2 Å². The van der Waals surface area contributed by atoms with Crippen molar-refractivity contribution in [1.82, 2.24) is 0 Å². The normalized spacial score (nSPS) is 12.8. The van der Waals surface area contributed by atoms with Crippen molar-refractivity contribution in [2.45, 2.75) is 32.7 Å². The van der Waals surface area contributed by atoms with Crippen LogP contribution in [0.3, 0.4) is 0 Å². The lowest BCUT2D eigenvalue weighted by Crippen LogP contribution is -2.25. The van der Waals surface area contributed by atoms with Gasteiger partial charge in [0.1, 0.15) is 0 Å². The highest BCUT2D eigenvalue weighted by molar-refractivity contribution is 14.1. The number of benzene rings is 1. The van der Waals surface area contributed by atoms with Crippen molar-refractivity contribution in [2.24, 2.45) is 11.7 Å². The van der Waals surface area contributed by atoms with Crippen molar-refractivity contribution in [1.29, 1.82) is 0 Å². The Bertz CT molecular complexity index is 407. The predicted octanol–water partition coefficient (Wildman–Crippen LogP) is 3.12. The molecule has 17 heavy (non-hydrogen) atoms. The highest BCUT2D eigenvalue weighted by Crippen LogP contribution is 2.23. The molecule has 0 aliphatic carbocycles. The summed E-state index contributed by atoms with van der Waals surface area (Å²) in [7, 11) is 0. The minimum atomic E-state index is -0.334. The standard InChI is InChI=1S/C12H17IN2O2/c1-8(2)5-11(14)6-9-3-4-10(13)7-12(9)15(16)17/h3-4,7-8,11H,5-6,14H2,1-2H3. The third-order valence-electron chi connectivity index (χ3n) is 2.50. The van der Waals surface area contributed by atoms with Gasteiger partial charge in [0.25, 0.3) is 5.69 Å². The van der Waals surface area contributed by atoms with E-state index in [0.29, 0.717) is 12.3 Å². The average Bonchev–Trinajstić information content (AvgIpc) is 2.19. The van der Waals surface area contributed by atoms with Gasteiger partial charge in [-0.2, -0.15) is 0 Å². The summed E-state index contributed by atoms with van der Waals surface area (Å²) < 4.78 is 0.871. The van der Waals surface area contributed by atoms with E-state index in [1.807, 2.05) is 6.07 Å². The number of nitrogens with zero attached hydrogens (tertiary/aromatic N) is 1. The first-order chi connectivity index (χ1) is 7.90. The Balaban J connectivity index is 2.86.